The van der Waals surface area contributed by atoms with E-state index in [1.54, 1.807) is 0 Å². The smallest absolute Gasteiger partial charge is 0.199 e. The largest absolute Gasteiger partial charge is 0.393 e. The van der Waals surface area contributed by atoms with Crippen molar-refractivity contribution in [3.63, 3.8) is 0 Å². The molecule has 1 saturated heterocycles. The van der Waals surface area contributed by atoms with Gasteiger partial charge >= 0.3 is 0 Å². The second-order valence-corrected chi connectivity index (χ2v) is 8.35. The van der Waals surface area contributed by atoms with E-state index in [0.717, 1.165) is 42.1 Å². The molecule has 2 aromatic rings. The van der Waals surface area contributed by atoms with Crippen LogP contribution in [-0.4, -0.2) is 43.5 Å². The van der Waals surface area contributed by atoms with Crippen molar-refractivity contribution in [3.05, 3.63) is 34.6 Å². The van der Waals surface area contributed by atoms with E-state index in [0.29, 0.717) is 6.67 Å². The number of aromatic nitrogens is 3. The summed E-state index contributed by atoms with van der Waals surface area (Å²) in [5.74, 6) is 0.891. The monoisotopic (exact) mass is 360 g/mol. The fourth-order valence-electron chi connectivity index (χ4n) is 3.20. The van der Waals surface area contributed by atoms with Gasteiger partial charge in [0.2, 0.25) is 0 Å². The molecule has 0 saturated carbocycles. The average Bonchev–Trinajstić information content (AvgIpc) is 2.85. The zero-order valence-electron chi connectivity index (χ0n) is 15.6. The van der Waals surface area contributed by atoms with Crippen molar-refractivity contribution < 1.29 is 5.11 Å². The Morgan fingerprint density at radius 3 is 2.32 bits per heavy atom. The number of hydrogen-bond acceptors (Lipinski definition) is 4. The molecule has 0 radical (unpaired) electrons. The molecule has 1 aliphatic rings. The van der Waals surface area contributed by atoms with Crippen LogP contribution in [0, 0.1) is 4.77 Å². The van der Waals surface area contributed by atoms with Crippen molar-refractivity contribution in [1.82, 2.24) is 19.2 Å². The molecule has 1 N–H and O–H groups in total. The van der Waals surface area contributed by atoms with Gasteiger partial charge in [-0.15, -0.1) is 0 Å². The number of likely N-dealkylation sites (tertiary alicyclic amines) is 1. The highest BCUT2D eigenvalue weighted by molar-refractivity contribution is 7.71. The van der Waals surface area contributed by atoms with Gasteiger partial charge in [0.15, 0.2) is 10.6 Å². The molecule has 5 nitrogen and oxygen atoms in total. The molecule has 3 rings (SSSR count). The van der Waals surface area contributed by atoms with Crippen LogP contribution in [0.2, 0.25) is 0 Å². The zero-order valence-corrected chi connectivity index (χ0v) is 16.4. The minimum atomic E-state index is -0.162. The maximum absolute atomic E-state index is 9.65. The van der Waals surface area contributed by atoms with Crippen LogP contribution in [0.25, 0.3) is 11.4 Å². The molecular weight excluding hydrogens is 332 g/mol. The van der Waals surface area contributed by atoms with E-state index in [-0.39, 0.29) is 11.5 Å². The molecule has 0 amide bonds. The van der Waals surface area contributed by atoms with E-state index >= 15 is 0 Å². The van der Waals surface area contributed by atoms with Gasteiger partial charge in [-0.2, -0.15) is 5.10 Å². The summed E-state index contributed by atoms with van der Waals surface area (Å²) < 4.78 is 4.58. The summed E-state index contributed by atoms with van der Waals surface area (Å²) in [4.78, 5) is 2.29. The summed E-state index contributed by atoms with van der Waals surface area (Å²) in [6, 6.07) is 8.59. The summed E-state index contributed by atoms with van der Waals surface area (Å²) in [7, 11) is 1.97. The fraction of sp³-hybridized carbons (Fsp3) is 0.579. The van der Waals surface area contributed by atoms with Gasteiger partial charge < -0.3 is 9.67 Å². The molecule has 1 aromatic heterocycles. The van der Waals surface area contributed by atoms with Gasteiger partial charge in [-0.05, 0) is 36.0 Å². The lowest BCUT2D eigenvalue weighted by atomic mass is 9.87. The van der Waals surface area contributed by atoms with Crippen LogP contribution in [0.3, 0.4) is 0 Å². The number of hydrogen-bond donors (Lipinski definition) is 1. The second-order valence-electron chi connectivity index (χ2n) is 7.98. The minimum Gasteiger partial charge on any atom is -0.393 e. The standard InChI is InChI=1S/C19H28N4OS/c1-19(2,3)15-7-5-14(6-8-15)17-20-23(18(25)21(17)4)13-22-11-9-16(24)10-12-22/h5-8,16,24H,9-13H2,1-4H3. The van der Waals surface area contributed by atoms with Crippen LogP contribution in [0.1, 0.15) is 39.2 Å². The molecule has 6 heteroatoms. The molecule has 0 spiro atoms. The third-order valence-electron chi connectivity index (χ3n) is 4.94. The Morgan fingerprint density at radius 2 is 1.76 bits per heavy atom. The predicted octanol–water partition coefficient (Wildman–Crippen LogP) is 3.33. The van der Waals surface area contributed by atoms with E-state index in [2.05, 4.69) is 49.9 Å². The highest BCUT2D eigenvalue weighted by Crippen LogP contribution is 2.25. The first-order valence-corrected chi connectivity index (χ1v) is 9.31. The number of piperidine rings is 1. The van der Waals surface area contributed by atoms with Crippen molar-refractivity contribution in [2.75, 3.05) is 13.1 Å². The third kappa shape index (κ3) is 4.02. The van der Waals surface area contributed by atoms with Crippen LogP contribution < -0.4 is 0 Å². The number of aliphatic hydroxyl groups excluding tert-OH is 1. The number of aliphatic hydroxyl groups is 1. The van der Waals surface area contributed by atoms with E-state index in [4.69, 9.17) is 17.3 Å². The molecular formula is C19H28N4OS. The topological polar surface area (TPSA) is 46.2 Å². The Morgan fingerprint density at radius 1 is 1.16 bits per heavy atom. The Hall–Kier alpha value is -1.50. The van der Waals surface area contributed by atoms with E-state index < -0.39 is 0 Å². The molecule has 1 fully saturated rings. The first-order valence-electron chi connectivity index (χ1n) is 8.91. The van der Waals surface area contributed by atoms with Crippen molar-refractivity contribution in [1.29, 1.82) is 0 Å². The number of nitrogens with zero attached hydrogens (tertiary/aromatic N) is 4. The number of benzene rings is 1. The van der Waals surface area contributed by atoms with Gasteiger partial charge in [0.1, 0.15) is 0 Å². The summed E-state index contributed by atoms with van der Waals surface area (Å²) in [6.45, 7) is 9.10. The SMILES string of the molecule is Cn1c(-c2ccc(C(C)(C)C)cc2)nn(CN2CCC(O)CC2)c1=S. The van der Waals surface area contributed by atoms with Crippen molar-refractivity contribution in [2.45, 2.75) is 51.8 Å². The van der Waals surface area contributed by atoms with E-state index in [1.807, 2.05) is 16.3 Å². The summed E-state index contributed by atoms with van der Waals surface area (Å²) in [5.41, 5.74) is 2.53. The van der Waals surface area contributed by atoms with Crippen LogP contribution in [0.5, 0.6) is 0 Å². The normalized spacial score (nSPS) is 17.2. The van der Waals surface area contributed by atoms with Crippen molar-refractivity contribution in [3.8, 4) is 11.4 Å². The molecule has 136 valence electrons. The lowest BCUT2D eigenvalue weighted by Gasteiger charge is -2.28. The van der Waals surface area contributed by atoms with Gasteiger partial charge in [-0.25, -0.2) is 4.68 Å². The van der Waals surface area contributed by atoms with Gasteiger partial charge in [-0.1, -0.05) is 45.0 Å². The zero-order chi connectivity index (χ0) is 18.2. The van der Waals surface area contributed by atoms with Crippen LogP contribution in [-0.2, 0) is 19.1 Å². The van der Waals surface area contributed by atoms with Crippen LogP contribution >= 0.6 is 12.2 Å². The molecule has 0 atom stereocenters. The molecule has 1 aromatic carbocycles. The third-order valence-corrected chi connectivity index (χ3v) is 5.43. The first kappa shape index (κ1) is 18.3. The van der Waals surface area contributed by atoms with Crippen molar-refractivity contribution >= 4 is 12.2 Å². The van der Waals surface area contributed by atoms with Gasteiger partial charge in [0.05, 0.1) is 12.8 Å². The second kappa shape index (κ2) is 7.02. The number of rotatable bonds is 3. The minimum absolute atomic E-state index is 0.141. The van der Waals surface area contributed by atoms with Crippen LogP contribution in [0.15, 0.2) is 24.3 Å². The van der Waals surface area contributed by atoms with Gasteiger partial charge in [0, 0.05) is 25.7 Å². The summed E-state index contributed by atoms with van der Waals surface area (Å²) >= 11 is 5.58. The van der Waals surface area contributed by atoms with Gasteiger partial charge in [-0.3, -0.25) is 4.90 Å². The maximum atomic E-state index is 9.65. The molecule has 25 heavy (non-hydrogen) atoms. The summed E-state index contributed by atoms with van der Waals surface area (Å²) in [5, 5.41) is 14.4. The quantitative estimate of drug-likeness (QED) is 0.853. The lowest BCUT2D eigenvalue weighted by molar-refractivity contribution is 0.0650. The Bertz CT molecular complexity index is 777. The van der Waals surface area contributed by atoms with Crippen LogP contribution in [0.4, 0.5) is 0 Å². The Kier molecular flexibility index (Phi) is 5.14. The molecule has 0 bridgehead atoms. The first-order chi connectivity index (χ1) is 11.8. The predicted molar refractivity (Wildman–Crippen MR) is 103 cm³/mol. The summed E-state index contributed by atoms with van der Waals surface area (Å²) in [6.07, 6.45) is 1.48. The fourth-order valence-corrected chi connectivity index (χ4v) is 3.39. The highest BCUT2D eigenvalue weighted by Gasteiger charge is 2.19. The Balaban J connectivity index is 1.82. The molecule has 1 aliphatic heterocycles. The highest BCUT2D eigenvalue weighted by atomic mass is 32.1. The van der Waals surface area contributed by atoms with E-state index in [9.17, 15) is 5.11 Å². The molecule has 2 heterocycles. The van der Waals surface area contributed by atoms with Gasteiger partial charge in [0.25, 0.3) is 0 Å². The molecule has 0 unspecified atom stereocenters. The maximum Gasteiger partial charge on any atom is 0.199 e. The lowest BCUT2D eigenvalue weighted by Crippen LogP contribution is -2.37. The van der Waals surface area contributed by atoms with Crippen molar-refractivity contribution in [2.24, 2.45) is 7.05 Å². The average molecular weight is 361 g/mol. The molecule has 0 aliphatic carbocycles. The van der Waals surface area contributed by atoms with E-state index in [1.165, 1.54) is 5.56 Å². The Labute approximate surface area is 154 Å².